The smallest absolute Gasteiger partial charge is 0.334 e. The van der Waals surface area contributed by atoms with E-state index in [4.69, 9.17) is 9.05 Å². The van der Waals surface area contributed by atoms with Gasteiger partial charge in [0.15, 0.2) is 5.78 Å². The van der Waals surface area contributed by atoms with Crippen LogP contribution >= 0.6 is 7.60 Å². The molecule has 0 aliphatic heterocycles. The van der Waals surface area contributed by atoms with Gasteiger partial charge in [0.1, 0.15) is 5.82 Å². The molecule has 0 amide bonds. The number of unbranched alkanes of at least 4 members (excludes halogenated alkanes) is 3. The van der Waals surface area contributed by atoms with Crippen molar-refractivity contribution in [3.05, 3.63) is 35.6 Å². The highest BCUT2D eigenvalue weighted by Crippen LogP contribution is 2.61. The van der Waals surface area contributed by atoms with Crippen LogP contribution in [0.25, 0.3) is 0 Å². The molecule has 0 fully saturated rings. The number of anilines is 1. The maximum atomic E-state index is 13.8. The van der Waals surface area contributed by atoms with Gasteiger partial charge < -0.3 is 14.4 Å². The summed E-state index contributed by atoms with van der Waals surface area (Å²) in [6.07, 6.45) is 5.24. The monoisotopic (exact) mass is 441 g/mol. The molecule has 1 N–H and O–H groups in total. The molecule has 1 atom stereocenters. The molecule has 0 spiro atoms. The average Bonchev–Trinajstić information content (AvgIpc) is 3.19. The van der Waals surface area contributed by atoms with Gasteiger partial charge in [0, 0.05) is 0 Å². The topological polar surface area (TPSA) is 91.2 Å². The van der Waals surface area contributed by atoms with E-state index in [0.29, 0.717) is 25.3 Å². The van der Waals surface area contributed by atoms with Gasteiger partial charge in [-0.1, -0.05) is 57.3 Å². The van der Waals surface area contributed by atoms with Crippen LogP contribution in [0.2, 0.25) is 0 Å². The zero-order chi connectivity index (χ0) is 21.8. The van der Waals surface area contributed by atoms with Crippen LogP contribution in [0.1, 0.15) is 70.6 Å². The zero-order valence-corrected chi connectivity index (χ0v) is 19.0. The van der Waals surface area contributed by atoms with E-state index >= 15 is 0 Å². The first-order valence-electron chi connectivity index (χ1n) is 10.7. The minimum atomic E-state index is -3.65. The maximum Gasteiger partial charge on any atom is 0.357 e. The molecule has 30 heavy (non-hydrogen) atoms. The minimum absolute atomic E-state index is 0.221. The van der Waals surface area contributed by atoms with E-state index in [1.807, 2.05) is 13.8 Å². The van der Waals surface area contributed by atoms with Gasteiger partial charge in [0.05, 0.1) is 19.8 Å². The first-order valence-corrected chi connectivity index (χ1v) is 12.3. The van der Waals surface area contributed by atoms with Crippen LogP contribution in [0.4, 0.5) is 10.3 Å². The Hall–Kier alpha value is -1.83. The summed E-state index contributed by atoms with van der Waals surface area (Å²) in [5, 5.41) is 15.4. The molecule has 8 nitrogen and oxygen atoms in total. The lowest BCUT2D eigenvalue weighted by atomic mass is 10.2. The average molecular weight is 441 g/mol. The number of rotatable bonds is 15. The fraction of sp³-hybridized carbons (Fsp3) is 0.650. The van der Waals surface area contributed by atoms with E-state index < -0.39 is 13.4 Å². The van der Waals surface area contributed by atoms with Crippen LogP contribution in [0.3, 0.4) is 0 Å². The molecule has 1 aromatic carbocycles. The Kier molecular flexibility index (Phi) is 10.4. The normalized spacial score (nSPS) is 12.8. The molecule has 1 aromatic heterocycles. The fourth-order valence-corrected chi connectivity index (χ4v) is 4.62. The Morgan fingerprint density at radius 3 is 2.20 bits per heavy atom. The Labute approximate surface area is 178 Å². The Morgan fingerprint density at radius 2 is 1.63 bits per heavy atom. The molecule has 10 heteroatoms. The van der Waals surface area contributed by atoms with E-state index in [-0.39, 0.29) is 11.8 Å². The summed E-state index contributed by atoms with van der Waals surface area (Å²) in [5.41, 5.74) is 0.567. The third-order valence-corrected chi connectivity index (χ3v) is 6.62. The molecule has 2 rings (SSSR count). The van der Waals surface area contributed by atoms with Crippen molar-refractivity contribution in [3.63, 3.8) is 0 Å². The predicted octanol–water partition coefficient (Wildman–Crippen LogP) is 5.55. The van der Waals surface area contributed by atoms with Crippen molar-refractivity contribution in [3.8, 4) is 0 Å². The first-order chi connectivity index (χ1) is 14.5. The van der Waals surface area contributed by atoms with E-state index in [1.165, 1.54) is 16.9 Å². The molecule has 0 saturated carbocycles. The molecule has 168 valence electrons. The summed E-state index contributed by atoms with van der Waals surface area (Å²) in [6.45, 7) is 7.38. The highest BCUT2D eigenvalue weighted by atomic mass is 31.2. The molecule has 0 saturated heterocycles. The molecular formula is C20H33FN5O3P. The number of tetrazole rings is 1. The van der Waals surface area contributed by atoms with Crippen LogP contribution in [-0.2, 0) is 20.2 Å². The molecule has 0 radical (unpaired) electrons. The number of hydrogen-bond donors (Lipinski definition) is 1. The van der Waals surface area contributed by atoms with Crippen LogP contribution in [-0.4, -0.2) is 33.4 Å². The predicted molar refractivity (Wildman–Crippen MR) is 115 cm³/mol. The Balaban J connectivity index is 2.31. The van der Waals surface area contributed by atoms with Crippen molar-refractivity contribution < 1.29 is 18.0 Å². The lowest BCUT2D eigenvalue weighted by Crippen LogP contribution is -2.17. The summed E-state index contributed by atoms with van der Waals surface area (Å²) < 4.78 is 39.0. The number of nitrogens with one attached hydrogen (secondary N) is 1. The summed E-state index contributed by atoms with van der Waals surface area (Å²) in [7, 11) is -3.65. The standard InChI is InChI=1S/C20H33FN5O3P/c1-4-7-14-26-24-20(23-25-26)22-19(17-10-12-18(21)13-11-17)30(27,28-15-8-5-2)29-16-9-6-3/h10-13,19H,4-9,14-16H2,1-3H3,(H,22,24)/t19-/m1/s1. The second kappa shape index (κ2) is 12.8. The lowest BCUT2D eigenvalue weighted by Gasteiger charge is -2.27. The third-order valence-electron chi connectivity index (χ3n) is 4.47. The van der Waals surface area contributed by atoms with Crippen molar-refractivity contribution in [2.45, 2.75) is 71.6 Å². The lowest BCUT2D eigenvalue weighted by molar-refractivity contribution is 0.194. The highest BCUT2D eigenvalue weighted by molar-refractivity contribution is 7.54. The van der Waals surface area contributed by atoms with Gasteiger partial charge in [0.2, 0.25) is 0 Å². The molecule has 2 aromatic rings. The van der Waals surface area contributed by atoms with Crippen molar-refractivity contribution >= 4 is 13.5 Å². The van der Waals surface area contributed by atoms with Gasteiger partial charge in [-0.05, 0) is 42.2 Å². The largest absolute Gasteiger partial charge is 0.357 e. The molecule has 0 aliphatic rings. The van der Waals surface area contributed by atoms with Gasteiger partial charge in [-0.3, -0.25) is 4.57 Å². The second-order valence-electron chi connectivity index (χ2n) is 7.07. The van der Waals surface area contributed by atoms with Gasteiger partial charge in [-0.25, -0.2) is 4.39 Å². The Bertz CT molecular complexity index is 773. The van der Waals surface area contributed by atoms with E-state index in [9.17, 15) is 8.96 Å². The highest BCUT2D eigenvalue weighted by Gasteiger charge is 2.38. The van der Waals surface area contributed by atoms with Crippen molar-refractivity contribution in [2.24, 2.45) is 0 Å². The van der Waals surface area contributed by atoms with Gasteiger partial charge in [-0.2, -0.15) is 4.80 Å². The number of aryl methyl sites for hydroxylation is 1. The van der Waals surface area contributed by atoms with E-state index in [1.54, 1.807) is 12.1 Å². The molecule has 0 unspecified atom stereocenters. The second-order valence-corrected chi connectivity index (χ2v) is 9.19. The van der Waals surface area contributed by atoms with E-state index in [2.05, 4.69) is 27.7 Å². The quantitative estimate of drug-likeness (QED) is 0.286. The number of hydrogen-bond acceptors (Lipinski definition) is 7. The summed E-state index contributed by atoms with van der Waals surface area (Å²) in [4.78, 5) is 1.49. The van der Waals surface area contributed by atoms with Crippen LogP contribution in [0.5, 0.6) is 0 Å². The van der Waals surface area contributed by atoms with Gasteiger partial charge in [-0.15, -0.1) is 5.10 Å². The summed E-state index contributed by atoms with van der Waals surface area (Å²) in [5.74, 6) is -1.04. The van der Waals surface area contributed by atoms with Gasteiger partial charge in [0.25, 0.3) is 5.95 Å². The zero-order valence-electron chi connectivity index (χ0n) is 18.1. The van der Waals surface area contributed by atoms with Gasteiger partial charge >= 0.3 is 7.60 Å². The number of aromatic nitrogens is 4. The van der Waals surface area contributed by atoms with Crippen molar-refractivity contribution in [1.29, 1.82) is 0 Å². The molecular weight excluding hydrogens is 408 g/mol. The van der Waals surface area contributed by atoms with Crippen LogP contribution < -0.4 is 5.32 Å². The SMILES string of the molecule is CCCCOP(=O)(OCCCC)[C@@H](Nc1nnn(CCCC)n1)c1ccc(F)cc1. The van der Waals surface area contributed by atoms with Crippen LogP contribution in [0.15, 0.2) is 24.3 Å². The third kappa shape index (κ3) is 7.45. The Morgan fingerprint density at radius 1 is 1.03 bits per heavy atom. The number of nitrogens with zero attached hydrogens (tertiary/aromatic N) is 4. The molecule has 0 aliphatic carbocycles. The summed E-state index contributed by atoms with van der Waals surface area (Å²) in [6, 6.07) is 5.76. The minimum Gasteiger partial charge on any atom is -0.334 e. The molecule has 0 bridgehead atoms. The van der Waals surface area contributed by atoms with E-state index in [0.717, 1.165) is 38.5 Å². The van der Waals surface area contributed by atoms with Crippen LogP contribution in [0, 0.1) is 5.82 Å². The fourth-order valence-electron chi connectivity index (χ4n) is 2.67. The molecule has 1 heterocycles. The number of benzene rings is 1. The van der Waals surface area contributed by atoms with Crippen molar-refractivity contribution in [2.75, 3.05) is 18.5 Å². The summed E-state index contributed by atoms with van der Waals surface area (Å²) >= 11 is 0. The maximum absolute atomic E-state index is 13.8. The first kappa shape index (κ1) is 24.4. The number of halogens is 1. The van der Waals surface area contributed by atoms with Crippen molar-refractivity contribution in [1.82, 2.24) is 20.2 Å².